The standard InChI is InChI=1S/C15H29NO5/c1-3-4-5-6-7-8-9-16(11(2)17)15-14(20)13(19)12(18)10-21-15/h12-15,18-20H,3-10H2,1-2H3/t12-,13+,14-,15?/m1/s1. The predicted molar refractivity (Wildman–Crippen MR) is 78.5 cm³/mol. The van der Waals surface area contributed by atoms with Gasteiger partial charge in [0.25, 0.3) is 0 Å². The molecule has 0 radical (unpaired) electrons. The van der Waals surface area contributed by atoms with Gasteiger partial charge in [-0.2, -0.15) is 0 Å². The van der Waals surface area contributed by atoms with E-state index in [0.717, 1.165) is 19.3 Å². The van der Waals surface area contributed by atoms with Crippen LogP contribution in [-0.2, 0) is 9.53 Å². The first-order valence-corrected chi connectivity index (χ1v) is 7.92. The molecule has 1 fully saturated rings. The number of carbonyl (C=O) groups is 1. The fourth-order valence-electron chi connectivity index (χ4n) is 2.59. The first kappa shape index (κ1) is 18.4. The second-order valence-electron chi connectivity index (χ2n) is 5.75. The second kappa shape index (κ2) is 9.35. The van der Waals surface area contributed by atoms with E-state index in [1.54, 1.807) is 0 Å². The Morgan fingerprint density at radius 1 is 1.10 bits per heavy atom. The number of aliphatic hydroxyl groups is 3. The molecule has 21 heavy (non-hydrogen) atoms. The van der Waals surface area contributed by atoms with Crippen LogP contribution in [0.2, 0.25) is 0 Å². The van der Waals surface area contributed by atoms with Gasteiger partial charge in [-0.1, -0.05) is 39.0 Å². The summed E-state index contributed by atoms with van der Waals surface area (Å²) in [6.45, 7) is 4.00. The molecule has 1 amide bonds. The maximum Gasteiger partial charge on any atom is 0.221 e. The average Bonchev–Trinajstić information content (AvgIpc) is 2.45. The Hall–Kier alpha value is -0.690. The summed E-state index contributed by atoms with van der Waals surface area (Å²) in [5.74, 6) is -0.198. The maximum atomic E-state index is 11.7. The van der Waals surface area contributed by atoms with Gasteiger partial charge in [0.05, 0.1) is 6.61 Å². The van der Waals surface area contributed by atoms with E-state index >= 15 is 0 Å². The molecule has 0 bridgehead atoms. The van der Waals surface area contributed by atoms with Crippen LogP contribution in [0.5, 0.6) is 0 Å². The minimum Gasteiger partial charge on any atom is -0.388 e. The molecule has 0 aromatic rings. The third-order valence-corrected chi connectivity index (χ3v) is 3.94. The van der Waals surface area contributed by atoms with Gasteiger partial charge in [-0.25, -0.2) is 0 Å². The zero-order chi connectivity index (χ0) is 15.8. The van der Waals surface area contributed by atoms with Crippen LogP contribution in [0.15, 0.2) is 0 Å². The quantitative estimate of drug-likeness (QED) is 0.572. The van der Waals surface area contributed by atoms with Crippen molar-refractivity contribution in [1.82, 2.24) is 4.90 Å². The van der Waals surface area contributed by atoms with Crippen molar-refractivity contribution in [1.29, 1.82) is 0 Å². The molecule has 0 spiro atoms. The summed E-state index contributed by atoms with van der Waals surface area (Å²) in [7, 11) is 0. The van der Waals surface area contributed by atoms with Gasteiger partial charge in [-0.3, -0.25) is 4.79 Å². The first-order valence-electron chi connectivity index (χ1n) is 7.92. The van der Waals surface area contributed by atoms with Gasteiger partial charge in [0.15, 0.2) is 6.23 Å². The molecule has 6 heteroatoms. The summed E-state index contributed by atoms with van der Waals surface area (Å²) in [5, 5.41) is 29.1. The molecule has 0 aromatic carbocycles. The highest BCUT2D eigenvalue weighted by molar-refractivity contribution is 5.73. The molecule has 1 aliphatic heterocycles. The van der Waals surface area contributed by atoms with Crippen molar-refractivity contribution < 1.29 is 24.9 Å². The number of nitrogens with zero attached hydrogens (tertiary/aromatic N) is 1. The van der Waals surface area contributed by atoms with Crippen LogP contribution < -0.4 is 0 Å². The summed E-state index contributed by atoms with van der Waals surface area (Å²) in [6.07, 6.45) is 2.07. The average molecular weight is 303 g/mol. The van der Waals surface area contributed by atoms with Gasteiger partial charge >= 0.3 is 0 Å². The van der Waals surface area contributed by atoms with Gasteiger partial charge in [-0.05, 0) is 6.42 Å². The summed E-state index contributed by atoms with van der Waals surface area (Å²) in [5.41, 5.74) is 0. The van der Waals surface area contributed by atoms with Gasteiger partial charge in [0, 0.05) is 13.5 Å². The van der Waals surface area contributed by atoms with Gasteiger partial charge in [0.2, 0.25) is 5.91 Å². The van der Waals surface area contributed by atoms with E-state index in [4.69, 9.17) is 4.74 Å². The second-order valence-corrected chi connectivity index (χ2v) is 5.75. The van der Waals surface area contributed by atoms with Crippen LogP contribution in [0.25, 0.3) is 0 Å². The van der Waals surface area contributed by atoms with Gasteiger partial charge in [0.1, 0.15) is 18.3 Å². The number of amides is 1. The zero-order valence-electron chi connectivity index (χ0n) is 13.1. The van der Waals surface area contributed by atoms with Crippen molar-refractivity contribution >= 4 is 5.91 Å². The third-order valence-electron chi connectivity index (χ3n) is 3.94. The smallest absolute Gasteiger partial charge is 0.221 e. The number of hydrogen-bond donors (Lipinski definition) is 3. The molecule has 0 saturated carbocycles. The van der Waals surface area contributed by atoms with Crippen molar-refractivity contribution in [2.45, 2.75) is 76.9 Å². The van der Waals surface area contributed by atoms with E-state index < -0.39 is 24.5 Å². The van der Waals surface area contributed by atoms with Crippen LogP contribution >= 0.6 is 0 Å². The number of carbonyl (C=O) groups excluding carboxylic acids is 1. The molecular formula is C15H29NO5. The Labute approximate surface area is 126 Å². The molecular weight excluding hydrogens is 274 g/mol. The molecule has 1 heterocycles. The normalized spacial score (nSPS) is 29.4. The number of rotatable bonds is 8. The zero-order valence-corrected chi connectivity index (χ0v) is 13.1. The minimum absolute atomic E-state index is 0.0802. The number of aliphatic hydroxyl groups excluding tert-OH is 3. The van der Waals surface area contributed by atoms with Crippen molar-refractivity contribution in [2.75, 3.05) is 13.2 Å². The van der Waals surface area contributed by atoms with Crippen molar-refractivity contribution in [3.05, 3.63) is 0 Å². The van der Waals surface area contributed by atoms with E-state index in [1.165, 1.54) is 31.1 Å². The molecule has 1 unspecified atom stereocenters. The molecule has 1 aliphatic rings. The van der Waals surface area contributed by atoms with E-state index in [2.05, 4.69) is 6.92 Å². The van der Waals surface area contributed by atoms with Crippen molar-refractivity contribution in [3.8, 4) is 0 Å². The highest BCUT2D eigenvalue weighted by Crippen LogP contribution is 2.20. The molecule has 1 saturated heterocycles. The maximum absolute atomic E-state index is 11.7. The Kier molecular flexibility index (Phi) is 8.18. The summed E-state index contributed by atoms with van der Waals surface area (Å²) in [4.78, 5) is 13.2. The summed E-state index contributed by atoms with van der Waals surface area (Å²) in [6, 6.07) is 0. The van der Waals surface area contributed by atoms with E-state index in [0.29, 0.717) is 6.54 Å². The van der Waals surface area contributed by atoms with Crippen LogP contribution in [0.4, 0.5) is 0 Å². The highest BCUT2D eigenvalue weighted by atomic mass is 16.5. The SMILES string of the molecule is CCCCCCCCN(C(C)=O)C1OC[C@@H](O)[C@H](O)[C@H]1O. The molecule has 0 aromatic heterocycles. The lowest BCUT2D eigenvalue weighted by Crippen LogP contribution is -2.60. The van der Waals surface area contributed by atoms with Crippen LogP contribution in [-0.4, -0.2) is 63.8 Å². The van der Waals surface area contributed by atoms with Crippen LogP contribution in [0, 0.1) is 0 Å². The Bertz CT molecular complexity index is 312. The molecule has 1 rings (SSSR count). The molecule has 0 aliphatic carbocycles. The monoisotopic (exact) mass is 303 g/mol. The fourth-order valence-corrected chi connectivity index (χ4v) is 2.59. The Morgan fingerprint density at radius 2 is 1.71 bits per heavy atom. The van der Waals surface area contributed by atoms with E-state index in [-0.39, 0.29) is 12.5 Å². The molecule has 124 valence electrons. The van der Waals surface area contributed by atoms with Crippen LogP contribution in [0.1, 0.15) is 52.4 Å². The minimum atomic E-state index is -1.28. The van der Waals surface area contributed by atoms with Crippen molar-refractivity contribution in [2.24, 2.45) is 0 Å². The Morgan fingerprint density at radius 3 is 2.33 bits per heavy atom. The fraction of sp³-hybridized carbons (Fsp3) is 0.933. The number of hydrogen-bond acceptors (Lipinski definition) is 5. The Balaban J connectivity index is 2.44. The lowest BCUT2D eigenvalue weighted by atomic mass is 10.0. The summed E-state index contributed by atoms with van der Waals surface area (Å²) >= 11 is 0. The third kappa shape index (κ3) is 5.54. The van der Waals surface area contributed by atoms with Gasteiger partial charge in [-0.15, -0.1) is 0 Å². The summed E-state index contributed by atoms with van der Waals surface area (Å²) < 4.78 is 5.34. The largest absolute Gasteiger partial charge is 0.388 e. The predicted octanol–water partition coefficient (Wildman–Crippen LogP) is 0.634. The molecule has 3 N–H and O–H groups in total. The van der Waals surface area contributed by atoms with E-state index in [9.17, 15) is 20.1 Å². The lowest BCUT2D eigenvalue weighted by Gasteiger charge is -2.41. The van der Waals surface area contributed by atoms with E-state index in [1.807, 2.05) is 0 Å². The van der Waals surface area contributed by atoms with Gasteiger partial charge < -0.3 is 25.0 Å². The first-order chi connectivity index (χ1) is 9.99. The molecule has 4 atom stereocenters. The number of ether oxygens (including phenoxy) is 1. The lowest BCUT2D eigenvalue weighted by molar-refractivity contribution is -0.227. The molecule has 6 nitrogen and oxygen atoms in total. The van der Waals surface area contributed by atoms with Crippen molar-refractivity contribution in [3.63, 3.8) is 0 Å². The topological polar surface area (TPSA) is 90.2 Å². The van der Waals surface area contributed by atoms with Crippen LogP contribution in [0.3, 0.4) is 0 Å². The number of unbranched alkanes of at least 4 members (excludes halogenated alkanes) is 5. The highest BCUT2D eigenvalue weighted by Gasteiger charge is 2.41.